The number of thioether (sulfide) groups is 1. The van der Waals surface area contributed by atoms with Crippen LogP contribution in [0.15, 0.2) is 68.9 Å². The number of rotatable bonds is 5. The second-order valence-electron chi connectivity index (χ2n) is 6.47. The molecular formula is C21H20BrN3O2S. The topological polar surface area (TPSA) is 64.0 Å². The molecule has 144 valence electrons. The molecule has 1 atom stereocenters. The fraction of sp³-hybridized carbons (Fsp3) is 0.190. The van der Waals surface area contributed by atoms with Crippen LogP contribution in [0.4, 0.5) is 5.69 Å². The number of hydrogen-bond donors (Lipinski definition) is 1. The summed E-state index contributed by atoms with van der Waals surface area (Å²) in [5.41, 5.74) is 3.38. The number of amides is 1. The van der Waals surface area contributed by atoms with E-state index in [9.17, 15) is 9.59 Å². The highest BCUT2D eigenvalue weighted by Gasteiger charge is 2.16. The lowest BCUT2D eigenvalue weighted by Crippen LogP contribution is -2.24. The Balaban J connectivity index is 1.74. The summed E-state index contributed by atoms with van der Waals surface area (Å²) in [5, 5.41) is 7.56. The Hall–Kier alpha value is -2.38. The van der Waals surface area contributed by atoms with E-state index in [1.165, 1.54) is 22.5 Å². The van der Waals surface area contributed by atoms with Gasteiger partial charge in [0.2, 0.25) is 5.91 Å². The van der Waals surface area contributed by atoms with Crippen molar-refractivity contribution >= 4 is 39.3 Å². The van der Waals surface area contributed by atoms with Gasteiger partial charge in [-0.2, -0.15) is 9.78 Å². The van der Waals surface area contributed by atoms with E-state index in [0.717, 1.165) is 21.3 Å². The minimum absolute atomic E-state index is 0.124. The molecule has 1 heterocycles. The van der Waals surface area contributed by atoms with E-state index in [1.54, 1.807) is 6.07 Å². The molecule has 1 N–H and O–H groups in total. The number of nitrogens with one attached hydrogen (secondary N) is 1. The third-order valence-electron chi connectivity index (χ3n) is 4.15. The lowest BCUT2D eigenvalue weighted by molar-refractivity contribution is -0.115. The Kier molecular flexibility index (Phi) is 6.36. The fourth-order valence-corrected chi connectivity index (χ4v) is 3.58. The van der Waals surface area contributed by atoms with Crippen LogP contribution in [-0.2, 0) is 4.79 Å². The summed E-state index contributed by atoms with van der Waals surface area (Å²) < 4.78 is 2.35. The number of benzene rings is 2. The Bertz CT molecular complexity index is 1060. The molecule has 0 aliphatic heterocycles. The maximum Gasteiger partial charge on any atom is 0.271 e. The molecule has 1 amide bonds. The molecule has 28 heavy (non-hydrogen) atoms. The number of hydrogen-bond acceptors (Lipinski definition) is 4. The third kappa shape index (κ3) is 4.91. The van der Waals surface area contributed by atoms with Crippen molar-refractivity contribution in [3.05, 3.63) is 80.6 Å². The zero-order valence-corrected chi connectivity index (χ0v) is 18.2. The van der Waals surface area contributed by atoms with Crippen molar-refractivity contribution in [1.82, 2.24) is 9.78 Å². The van der Waals surface area contributed by atoms with E-state index in [4.69, 9.17) is 0 Å². The Morgan fingerprint density at radius 1 is 1.11 bits per heavy atom. The molecule has 2 aromatic carbocycles. The zero-order chi connectivity index (χ0) is 20.3. The third-order valence-corrected chi connectivity index (χ3v) is 6.06. The second kappa shape index (κ2) is 8.75. The first-order chi connectivity index (χ1) is 13.3. The molecule has 0 aliphatic rings. The summed E-state index contributed by atoms with van der Waals surface area (Å²) in [6.45, 7) is 5.77. The van der Waals surface area contributed by atoms with Crippen LogP contribution in [0.1, 0.15) is 18.1 Å². The normalized spacial score (nSPS) is 11.9. The Morgan fingerprint density at radius 2 is 1.82 bits per heavy atom. The maximum atomic E-state index is 12.5. The van der Waals surface area contributed by atoms with Crippen LogP contribution in [0.5, 0.6) is 0 Å². The summed E-state index contributed by atoms with van der Waals surface area (Å²) >= 11 is 4.76. The molecule has 0 saturated carbocycles. The van der Waals surface area contributed by atoms with Gasteiger partial charge in [0, 0.05) is 16.2 Å². The van der Waals surface area contributed by atoms with Crippen molar-refractivity contribution in [2.45, 2.75) is 31.0 Å². The van der Waals surface area contributed by atoms with Crippen LogP contribution in [0.3, 0.4) is 0 Å². The van der Waals surface area contributed by atoms with E-state index >= 15 is 0 Å². The number of carbonyl (C=O) groups excluding carboxylic acids is 1. The number of anilines is 1. The minimum Gasteiger partial charge on any atom is -0.325 e. The van der Waals surface area contributed by atoms with Gasteiger partial charge in [0.1, 0.15) is 5.03 Å². The molecule has 0 fully saturated rings. The molecule has 5 nitrogen and oxygen atoms in total. The molecule has 3 aromatic rings. The van der Waals surface area contributed by atoms with Crippen molar-refractivity contribution in [3.8, 4) is 5.69 Å². The van der Waals surface area contributed by atoms with Gasteiger partial charge < -0.3 is 5.32 Å². The number of carbonyl (C=O) groups is 1. The molecule has 0 aliphatic carbocycles. The van der Waals surface area contributed by atoms with Crippen molar-refractivity contribution in [2.75, 3.05) is 5.32 Å². The van der Waals surface area contributed by atoms with Crippen molar-refractivity contribution in [2.24, 2.45) is 0 Å². The smallest absolute Gasteiger partial charge is 0.271 e. The van der Waals surface area contributed by atoms with Crippen molar-refractivity contribution < 1.29 is 4.79 Å². The number of aryl methyl sites for hydroxylation is 2. The van der Waals surface area contributed by atoms with Gasteiger partial charge in [-0.3, -0.25) is 9.59 Å². The van der Waals surface area contributed by atoms with E-state index in [-0.39, 0.29) is 16.7 Å². The van der Waals surface area contributed by atoms with E-state index < -0.39 is 0 Å². The van der Waals surface area contributed by atoms with Gasteiger partial charge in [0.05, 0.1) is 10.9 Å². The number of halogens is 1. The van der Waals surface area contributed by atoms with Gasteiger partial charge in [-0.25, -0.2) is 0 Å². The van der Waals surface area contributed by atoms with Crippen molar-refractivity contribution in [3.63, 3.8) is 0 Å². The monoisotopic (exact) mass is 457 g/mol. The molecule has 7 heteroatoms. The van der Waals surface area contributed by atoms with Crippen LogP contribution in [-0.4, -0.2) is 20.9 Å². The summed E-state index contributed by atoms with van der Waals surface area (Å²) in [5.74, 6) is -0.124. The summed E-state index contributed by atoms with van der Waals surface area (Å²) in [6.07, 6.45) is 0. The lowest BCUT2D eigenvalue weighted by Gasteiger charge is -2.13. The zero-order valence-electron chi connectivity index (χ0n) is 15.8. The van der Waals surface area contributed by atoms with E-state index in [2.05, 4.69) is 26.3 Å². The highest BCUT2D eigenvalue weighted by Crippen LogP contribution is 2.24. The van der Waals surface area contributed by atoms with E-state index in [1.807, 2.05) is 63.2 Å². The minimum atomic E-state index is -0.375. The first kappa shape index (κ1) is 20.4. The van der Waals surface area contributed by atoms with Gasteiger partial charge in [-0.15, -0.1) is 0 Å². The molecule has 3 rings (SSSR count). The van der Waals surface area contributed by atoms with Gasteiger partial charge >= 0.3 is 0 Å². The maximum absolute atomic E-state index is 12.5. The van der Waals surface area contributed by atoms with E-state index in [0.29, 0.717) is 10.7 Å². The van der Waals surface area contributed by atoms with Crippen LogP contribution in [0.25, 0.3) is 5.69 Å². The summed E-state index contributed by atoms with van der Waals surface area (Å²) in [6, 6.07) is 16.3. The van der Waals surface area contributed by atoms with Gasteiger partial charge in [0.15, 0.2) is 0 Å². The Labute approximate surface area is 176 Å². The standard InChI is InChI=1S/C21H20BrN3O2S/c1-13-4-7-17(8-5-13)25-20(26)11-10-19(24-25)28-15(3)21(27)23-16-6-9-18(22)14(2)12-16/h4-12,15H,1-3H3,(H,23,27)/t15-/m1/s1. The van der Waals surface area contributed by atoms with Gasteiger partial charge in [-0.05, 0) is 62.7 Å². The first-order valence-corrected chi connectivity index (χ1v) is 10.4. The summed E-state index contributed by atoms with van der Waals surface area (Å²) in [4.78, 5) is 24.7. The molecule has 1 aromatic heterocycles. The quantitative estimate of drug-likeness (QED) is 0.562. The van der Waals surface area contributed by atoms with Gasteiger partial charge in [0.25, 0.3) is 5.56 Å². The molecule has 0 saturated heterocycles. The lowest BCUT2D eigenvalue weighted by atomic mass is 10.2. The van der Waals surface area contributed by atoms with Gasteiger partial charge in [-0.1, -0.05) is 45.4 Å². The molecule has 0 spiro atoms. The molecule has 0 unspecified atom stereocenters. The SMILES string of the molecule is Cc1ccc(-n2nc(S[C@H](C)C(=O)Nc3ccc(Br)c(C)c3)ccc2=O)cc1. The van der Waals surface area contributed by atoms with Crippen LogP contribution in [0, 0.1) is 13.8 Å². The molecule has 0 radical (unpaired) electrons. The predicted octanol–water partition coefficient (Wildman–Crippen LogP) is 4.73. The molecule has 0 bridgehead atoms. The van der Waals surface area contributed by atoms with Crippen LogP contribution < -0.4 is 10.9 Å². The van der Waals surface area contributed by atoms with Crippen LogP contribution in [0.2, 0.25) is 0 Å². The largest absolute Gasteiger partial charge is 0.325 e. The Morgan fingerprint density at radius 3 is 2.50 bits per heavy atom. The average molecular weight is 458 g/mol. The summed E-state index contributed by atoms with van der Waals surface area (Å²) in [7, 11) is 0. The van der Waals surface area contributed by atoms with Crippen LogP contribution >= 0.6 is 27.7 Å². The fourth-order valence-electron chi connectivity index (χ4n) is 2.53. The molecular weight excluding hydrogens is 438 g/mol. The number of aromatic nitrogens is 2. The average Bonchev–Trinajstić information content (AvgIpc) is 2.67. The number of nitrogens with zero attached hydrogens (tertiary/aromatic N) is 2. The first-order valence-electron chi connectivity index (χ1n) is 8.74. The second-order valence-corrected chi connectivity index (χ2v) is 8.69. The van der Waals surface area contributed by atoms with Crippen molar-refractivity contribution in [1.29, 1.82) is 0 Å². The highest BCUT2D eigenvalue weighted by atomic mass is 79.9. The highest BCUT2D eigenvalue weighted by molar-refractivity contribution is 9.10. The predicted molar refractivity (Wildman–Crippen MR) is 117 cm³/mol.